The van der Waals surface area contributed by atoms with Crippen LogP contribution < -0.4 is 0 Å². The van der Waals surface area contributed by atoms with Crippen molar-refractivity contribution in [1.29, 1.82) is 0 Å². The molecule has 0 atom stereocenters. The van der Waals surface area contributed by atoms with E-state index < -0.39 is 5.97 Å². The van der Waals surface area contributed by atoms with Gasteiger partial charge in [-0.25, -0.2) is 0 Å². The van der Waals surface area contributed by atoms with Gasteiger partial charge in [0, 0.05) is 49.8 Å². The lowest BCUT2D eigenvalue weighted by Gasteiger charge is -2.04. The van der Waals surface area contributed by atoms with E-state index in [0.717, 1.165) is 64.1 Å². The van der Waals surface area contributed by atoms with Crippen molar-refractivity contribution in [1.82, 2.24) is 9.97 Å². The molecule has 0 spiro atoms. The number of aliphatic hydroxyl groups is 1. The molecule has 232 valence electrons. The van der Waals surface area contributed by atoms with Crippen molar-refractivity contribution in [2.24, 2.45) is 0 Å². The van der Waals surface area contributed by atoms with E-state index in [1.165, 1.54) is 0 Å². The molecule has 0 radical (unpaired) electrons. The van der Waals surface area contributed by atoms with Crippen LogP contribution in [0.1, 0.15) is 25.0 Å². The molecule has 7 nitrogen and oxygen atoms in total. The van der Waals surface area contributed by atoms with Gasteiger partial charge in [-0.3, -0.25) is 9.59 Å². The number of aromatic nitrogens is 2. The van der Waals surface area contributed by atoms with Crippen LogP contribution in [0.25, 0.3) is 44.1 Å². The van der Waals surface area contributed by atoms with E-state index in [-0.39, 0.29) is 25.4 Å². The number of aliphatic hydroxyl groups excluding tert-OH is 1. The second kappa shape index (κ2) is 16.2. The van der Waals surface area contributed by atoms with Crippen molar-refractivity contribution >= 4 is 65.6 Å². The fourth-order valence-corrected chi connectivity index (χ4v) is 5.35. The SMILES string of the molecule is CCO.CCOC(=O)Cc1c[nH]c2ccc(-c3ccc(Br)cc3)cc12.O=C(O)Cc1c[nH]c2ccc(-c3ccc(Br)cc3)cc12. The van der Waals surface area contributed by atoms with Gasteiger partial charge in [0.2, 0.25) is 0 Å². The summed E-state index contributed by atoms with van der Waals surface area (Å²) < 4.78 is 7.13. The molecule has 0 saturated carbocycles. The Kier molecular flexibility index (Phi) is 12.2. The Morgan fingerprint density at radius 3 is 1.47 bits per heavy atom. The molecule has 0 aliphatic rings. The molecule has 6 rings (SSSR count). The van der Waals surface area contributed by atoms with Crippen LogP contribution in [0.2, 0.25) is 0 Å². The number of halogens is 2. The number of aromatic amines is 2. The highest BCUT2D eigenvalue weighted by molar-refractivity contribution is 9.10. The highest BCUT2D eigenvalue weighted by atomic mass is 79.9. The first-order valence-electron chi connectivity index (χ1n) is 14.4. The molecule has 2 aromatic heterocycles. The summed E-state index contributed by atoms with van der Waals surface area (Å²) in [5, 5.41) is 18.5. The maximum absolute atomic E-state index is 11.7. The van der Waals surface area contributed by atoms with Crippen molar-refractivity contribution in [3.05, 3.63) is 117 Å². The van der Waals surface area contributed by atoms with Gasteiger partial charge < -0.3 is 24.9 Å². The summed E-state index contributed by atoms with van der Waals surface area (Å²) >= 11 is 6.87. The minimum absolute atomic E-state index is 0.0315. The van der Waals surface area contributed by atoms with Crippen molar-refractivity contribution in [2.75, 3.05) is 13.2 Å². The zero-order valence-corrected chi connectivity index (χ0v) is 28.1. The van der Waals surface area contributed by atoms with Gasteiger partial charge in [-0.05, 0) is 95.8 Å². The van der Waals surface area contributed by atoms with E-state index in [2.05, 4.69) is 66.1 Å². The molecule has 0 unspecified atom stereocenters. The Morgan fingerprint density at radius 1 is 0.667 bits per heavy atom. The maximum atomic E-state index is 11.7. The minimum atomic E-state index is -0.819. The topological polar surface area (TPSA) is 115 Å². The number of carbonyl (C=O) groups excluding carboxylic acids is 1. The summed E-state index contributed by atoms with van der Waals surface area (Å²) in [7, 11) is 0. The third-order valence-electron chi connectivity index (χ3n) is 6.87. The number of aliphatic carboxylic acids is 1. The lowest BCUT2D eigenvalue weighted by atomic mass is 10.0. The quantitative estimate of drug-likeness (QED) is 0.122. The molecule has 4 N–H and O–H groups in total. The molecule has 0 fully saturated rings. The second-order valence-corrected chi connectivity index (χ2v) is 11.9. The molecular formula is C36H34Br2N2O5. The minimum Gasteiger partial charge on any atom is -0.481 e. The third kappa shape index (κ3) is 9.17. The fourth-order valence-electron chi connectivity index (χ4n) is 4.82. The zero-order valence-electron chi connectivity index (χ0n) is 24.9. The number of nitrogens with one attached hydrogen (secondary N) is 2. The highest BCUT2D eigenvalue weighted by Gasteiger charge is 2.11. The van der Waals surface area contributed by atoms with Gasteiger partial charge in [0.15, 0.2) is 0 Å². The molecule has 9 heteroatoms. The summed E-state index contributed by atoms with van der Waals surface area (Å²) in [6, 6.07) is 28.5. The summed E-state index contributed by atoms with van der Waals surface area (Å²) in [5.41, 5.74) is 8.23. The van der Waals surface area contributed by atoms with Crippen LogP contribution in [0.5, 0.6) is 0 Å². The number of carboxylic acids is 1. The predicted octanol–water partition coefficient (Wildman–Crippen LogP) is 8.93. The standard InChI is InChI=1S/C18H16BrNO2.C16H12BrNO2.C2H6O/c1-2-22-18(21)10-14-11-20-17-8-5-13(9-16(14)17)12-3-6-15(19)7-4-12;17-13-4-1-10(2-5-13)11-3-6-15-14(7-11)12(9-18-15)8-16(19)20;1-2-3/h3-9,11,20H,2,10H2,1H3;1-7,9,18H,8H2,(H,19,20);3H,2H2,1H3. The van der Waals surface area contributed by atoms with Gasteiger partial charge in [-0.15, -0.1) is 0 Å². The molecule has 0 saturated heterocycles. The monoisotopic (exact) mass is 732 g/mol. The van der Waals surface area contributed by atoms with E-state index in [9.17, 15) is 9.59 Å². The Bertz CT molecular complexity index is 1880. The Hall–Kier alpha value is -4.18. The normalized spacial score (nSPS) is 10.5. The number of ether oxygens (including phenoxy) is 1. The van der Waals surface area contributed by atoms with Crippen LogP contribution in [0, 0.1) is 0 Å². The van der Waals surface area contributed by atoms with Crippen molar-refractivity contribution in [3.63, 3.8) is 0 Å². The summed E-state index contributed by atoms with van der Waals surface area (Å²) in [4.78, 5) is 28.9. The third-order valence-corrected chi connectivity index (χ3v) is 7.93. The van der Waals surface area contributed by atoms with E-state index in [4.69, 9.17) is 14.9 Å². The van der Waals surface area contributed by atoms with Crippen molar-refractivity contribution < 1.29 is 24.5 Å². The number of carboxylic acid groups (broad SMARTS) is 1. The zero-order chi connectivity index (χ0) is 32.3. The molecule has 0 aliphatic carbocycles. The molecule has 0 bridgehead atoms. The summed E-state index contributed by atoms with van der Waals surface area (Å²) in [5.74, 6) is -1.02. The predicted molar refractivity (Wildman–Crippen MR) is 187 cm³/mol. The molecular weight excluding hydrogens is 700 g/mol. The lowest BCUT2D eigenvalue weighted by molar-refractivity contribution is -0.142. The summed E-state index contributed by atoms with van der Waals surface area (Å²) in [6.07, 6.45) is 3.97. The number of H-pyrrole nitrogens is 2. The number of hydrogen-bond acceptors (Lipinski definition) is 4. The molecule has 2 heterocycles. The van der Waals surface area contributed by atoms with Crippen LogP contribution in [0.3, 0.4) is 0 Å². The number of hydrogen-bond donors (Lipinski definition) is 4. The van der Waals surface area contributed by atoms with Gasteiger partial charge in [-0.1, -0.05) is 68.3 Å². The van der Waals surface area contributed by atoms with Crippen molar-refractivity contribution in [3.8, 4) is 22.3 Å². The van der Waals surface area contributed by atoms with Gasteiger partial charge >= 0.3 is 11.9 Å². The van der Waals surface area contributed by atoms with E-state index in [1.54, 1.807) is 13.1 Å². The smallest absolute Gasteiger partial charge is 0.310 e. The number of esters is 1. The maximum Gasteiger partial charge on any atom is 0.310 e. The molecule has 0 aliphatic heterocycles. The summed E-state index contributed by atoms with van der Waals surface area (Å²) in [6.45, 7) is 4.16. The first kappa shape index (κ1) is 33.7. The molecule has 0 amide bonds. The first-order chi connectivity index (χ1) is 21.7. The Labute approximate surface area is 278 Å². The molecule has 4 aromatic carbocycles. The number of fused-ring (bicyclic) bond motifs is 2. The van der Waals surface area contributed by atoms with Crippen LogP contribution in [-0.2, 0) is 27.2 Å². The van der Waals surface area contributed by atoms with E-state index in [0.29, 0.717) is 6.61 Å². The Balaban J connectivity index is 0.000000189. The van der Waals surface area contributed by atoms with Crippen LogP contribution in [0.15, 0.2) is 106 Å². The van der Waals surface area contributed by atoms with Gasteiger partial charge in [-0.2, -0.15) is 0 Å². The average Bonchev–Trinajstić information content (AvgIpc) is 3.61. The van der Waals surface area contributed by atoms with E-state index in [1.807, 2.05) is 73.8 Å². The average molecular weight is 734 g/mol. The van der Waals surface area contributed by atoms with Gasteiger partial charge in [0.1, 0.15) is 0 Å². The van der Waals surface area contributed by atoms with Crippen LogP contribution in [0.4, 0.5) is 0 Å². The van der Waals surface area contributed by atoms with Gasteiger partial charge in [0.25, 0.3) is 0 Å². The lowest BCUT2D eigenvalue weighted by Crippen LogP contribution is -2.06. The molecule has 6 aromatic rings. The first-order valence-corrected chi connectivity index (χ1v) is 16.0. The molecule has 45 heavy (non-hydrogen) atoms. The van der Waals surface area contributed by atoms with Crippen LogP contribution in [-0.4, -0.2) is 45.3 Å². The number of benzene rings is 4. The van der Waals surface area contributed by atoms with Crippen LogP contribution >= 0.6 is 31.9 Å². The highest BCUT2D eigenvalue weighted by Crippen LogP contribution is 2.29. The number of carbonyl (C=O) groups is 2. The van der Waals surface area contributed by atoms with E-state index >= 15 is 0 Å². The largest absolute Gasteiger partial charge is 0.481 e. The second-order valence-electron chi connectivity index (χ2n) is 10.0. The van der Waals surface area contributed by atoms with Gasteiger partial charge in [0.05, 0.1) is 19.4 Å². The van der Waals surface area contributed by atoms with Crippen molar-refractivity contribution in [2.45, 2.75) is 26.7 Å². The number of rotatable bonds is 7. The fraction of sp³-hybridized carbons (Fsp3) is 0.167. The Morgan fingerprint density at radius 2 is 1.07 bits per heavy atom.